The molecule has 0 aliphatic heterocycles. The van der Waals surface area contributed by atoms with E-state index in [0.717, 1.165) is 17.2 Å². The van der Waals surface area contributed by atoms with E-state index in [2.05, 4.69) is 12.6 Å². The molecule has 2 nitrogen and oxygen atoms in total. The normalized spacial score (nSPS) is 16.1. The third-order valence-electron chi connectivity index (χ3n) is 2.77. The lowest BCUT2D eigenvalue weighted by atomic mass is 9.83. The van der Waals surface area contributed by atoms with Gasteiger partial charge in [0, 0.05) is 10.3 Å². The van der Waals surface area contributed by atoms with E-state index in [4.69, 9.17) is 4.74 Å². The molecule has 1 aliphatic carbocycles. The topological polar surface area (TPSA) is 26.3 Å². The predicted octanol–water partition coefficient (Wildman–Crippen LogP) is 3.38. The molecule has 4 heteroatoms. The minimum absolute atomic E-state index is 0.209. The molecule has 0 atom stereocenters. The highest BCUT2D eigenvalue weighted by atomic mass is 32.1. The number of esters is 1. The van der Waals surface area contributed by atoms with Gasteiger partial charge >= 0.3 is 5.97 Å². The second kappa shape index (κ2) is 5.03. The summed E-state index contributed by atoms with van der Waals surface area (Å²) in [7, 11) is 0. The van der Waals surface area contributed by atoms with Crippen molar-refractivity contribution >= 4 is 29.9 Å². The molecular weight excluding hydrogens is 228 g/mol. The van der Waals surface area contributed by atoms with Crippen molar-refractivity contribution in [2.75, 3.05) is 6.61 Å². The molecule has 0 saturated heterocycles. The lowest BCUT2D eigenvalue weighted by molar-refractivity contribution is 0.0470. The molecule has 1 aliphatic rings. The van der Waals surface area contributed by atoms with Gasteiger partial charge in [0.2, 0.25) is 0 Å². The Hall–Kier alpha value is -0.480. The largest absolute Gasteiger partial charge is 0.461 e. The molecule has 0 unspecified atom stereocenters. The van der Waals surface area contributed by atoms with Crippen molar-refractivity contribution in [3.05, 3.63) is 16.3 Å². The van der Waals surface area contributed by atoms with E-state index in [0.29, 0.717) is 11.5 Å². The van der Waals surface area contributed by atoms with Gasteiger partial charge in [-0.05, 0) is 18.4 Å². The first-order valence-corrected chi connectivity index (χ1v) is 6.53. The van der Waals surface area contributed by atoms with Crippen molar-refractivity contribution in [1.29, 1.82) is 0 Å². The molecule has 1 aromatic heterocycles. The standard InChI is InChI=1S/C11H14O2S2/c12-11(10-6-9(14)7-15-10)13-5-4-8-2-1-3-8/h6-8,14H,1-5H2. The molecule has 2 rings (SSSR count). The molecule has 0 N–H and O–H groups in total. The smallest absolute Gasteiger partial charge is 0.348 e. The summed E-state index contributed by atoms with van der Waals surface area (Å²) in [6, 6.07) is 1.75. The Morgan fingerprint density at radius 1 is 1.60 bits per heavy atom. The molecular formula is C11H14O2S2. The van der Waals surface area contributed by atoms with Crippen LogP contribution in [0.3, 0.4) is 0 Å². The fourth-order valence-electron chi connectivity index (χ4n) is 1.60. The SMILES string of the molecule is O=C(OCCC1CCC1)c1cc(S)cs1. The van der Waals surface area contributed by atoms with Gasteiger partial charge in [-0.15, -0.1) is 24.0 Å². The number of thiophene rings is 1. The molecule has 0 bridgehead atoms. The maximum Gasteiger partial charge on any atom is 0.348 e. The van der Waals surface area contributed by atoms with Crippen LogP contribution in [-0.4, -0.2) is 12.6 Å². The Balaban J connectivity index is 1.72. The van der Waals surface area contributed by atoms with E-state index in [1.54, 1.807) is 6.07 Å². The molecule has 1 aromatic rings. The number of hydrogen-bond acceptors (Lipinski definition) is 4. The van der Waals surface area contributed by atoms with Crippen molar-refractivity contribution < 1.29 is 9.53 Å². The Kier molecular flexibility index (Phi) is 3.70. The fraction of sp³-hybridized carbons (Fsp3) is 0.545. The second-order valence-corrected chi connectivity index (χ2v) is 5.32. The van der Waals surface area contributed by atoms with Crippen molar-refractivity contribution in [2.24, 2.45) is 5.92 Å². The number of carbonyl (C=O) groups excluding carboxylic acids is 1. The van der Waals surface area contributed by atoms with Gasteiger partial charge in [-0.25, -0.2) is 4.79 Å². The van der Waals surface area contributed by atoms with E-state index >= 15 is 0 Å². The predicted molar refractivity (Wildman–Crippen MR) is 63.8 cm³/mol. The quantitative estimate of drug-likeness (QED) is 0.647. The number of rotatable bonds is 4. The van der Waals surface area contributed by atoms with Crippen LogP contribution >= 0.6 is 24.0 Å². The zero-order chi connectivity index (χ0) is 10.7. The van der Waals surface area contributed by atoms with Crippen LogP contribution in [0.4, 0.5) is 0 Å². The Bertz CT molecular complexity index is 342. The average Bonchev–Trinajstić information content (AvgIpc) is 2.56. The molecule has 15 heavy (non-hydrogen) atoms. The van der Waals surface area contributed by atoms with Crippen LogP contribution in [0.15, 0.2) is 16.3 Å². The van der Waals surface area contributed by atoms with Crippen LogP contribution in [0.5, 0.6) is 0 Å². The molecule has 0 spiro atoms. The monoisotopic (exact) mass is 242 g/mol. The van der Waals surface area contributed by atoms with E-state index in [9.17, 15) is 4.79 Å². The molecule has 0 aromatic carbocycles. The number of ether oxygens (including phenoxy) is 1. The Labute approximate surface area is 99.1 Å². The Morgan fingerprint density at radius 2 is 2.40 bits per heavy atom. The first-order chi connectivity index (χ1) is 7.25. The van der Waals surface area contributed by atoms with E-state index in [-0.39, 0.29) is 5.97 Å². The third kappa shape index (κ3) is 2.98. The van der Waals surface area contributed by atoms with E-state index in [1.807, 2.05) is 5.38 Å². The summed E-state index contributed by atoms with van der Waals surface area (Å²) < 4.78 is 5.19. The van der Waals surface area contributed by atoms with E-state index in [1.165, 1.54) is 30.6 Å². The summed E-state index contributed by atoms with van der Waals surface area (Å²) in [4.78, 5) is 13.0. The van der Waals surface area contributed by atoms with Crippen LogP contribution < -0.4 is 0 Å². The lowest BCUT2D eigenvalue weighted by Crippen LogP contribution is -2.15. The van der Waals surface area contributed by atoms with Crippen molar-refractivity contribution in [3.63, 3.8) is 0 Å². The highest BCUT2D eigenvalue weighted by molar-refractivity contribution is 7.80. The Morgan fingerprint density at radius 3 is 2.93 bits per heavy atom. The van der Waals surface area contributed by atoms with Crippen LogP contribution in [0.25, 0.3) is 0 Å². The molecule has 0 radical (unpaired) electrons. The van der Waals surface area contributed by atoms with Crippen LogP contribution in [0.2, 0.25) is 0 Å². The minimum atomic E-state index is -0.209. The summed E-state index contributed by atoms with van der Waals surface area (Å²) in [5, 5.41) is 1.84. The van der Waals surface area contributed by atoms with Crippen LogP contribution in [0.1, 0.15) is 35.4 Å². The third-order valence-corrected chi connectivity index (χ3v) is 4.11. The summed E-state index contributed by atoms with van der Waals surface area (Å²) >= 11 is 5.54. The molecule has 0 amide bonds. The van der Waals surface area contributed by atoms with Gasteiger partial charge in [-0.2, -0.15) is 0 Å². The highest BCUT2D eigenvalue weighted by Gasteiger charge is 2.18. The second-order valence-electron chi connectivity index (χ2n) is 3.89. The van der Waals surface area contributed by atoms with Crippen molar-refractivity contribution in [2.45, 2.75) is 30.6 Å². The van der Waals surface area contributed by atoms with E-state index < -0.39 is 0 Å². The summed E-state index contributed by atoms with van der Waals surface area (Å²) in [5.41, 5.74) is 0. The molecule has 1 heterocycles. The van der Waals surface area contributed by atoms with Gasteiger partial charge in [0.25, 0.3) is 0 Å². The van der Waals surface area contributed by atoms with Gasteiger partial charge in [0.1, 0.15) is 4.88 Å². The van der Waals surface area contributed by atoms with Gasteiger partial charge in [-0.1, -0.05) is 19.3 Å². The number of carbonyl (C=O) groups is 1. The average molecular weight is 242 g/mol. The maximum absolute atomic E-state index is 11.5. The van der Waals surface area contributed by atoms with Crippen LogP contribution in [-0.2, 0) is 4.74 Å². The first-order valence-electron chi connectivity index (χ1n) is 5.20. The molecule has 1 fully saturated rings. The highest BCUT2D eigenvalue weighted by Crippen LogP contribution is 2.29. The zero-order valence-corrected chi connectivity index (χ0v) is 10.2. The zero-order valence-electron chi connectivity index (χ0n) is 8.44. The first kappa shape index (κ1) is 11.0. The van der Waals surface area contributed by atoms with Crippen molar-refractivity contribution in [3.8, 4) is 0 Å². The number of hydrogen-bond donors (Lipinski definition) is 1. The van der Waals surface area contributed by atoms with Crippen LogP contribution in [0, 0.1) is 5.92 Å². The summed E-state index contributed by atoms with van der Waals surface area (Å²) in [5.74, 6) is 0.584. The summed E-state index contributed by atoms with van der Waals surface area (Å²) in [6.45, 7) is 0.559. The molecule has 1 saturated carbocycles. The van der Waals surface area contributed by atoms with Gasteiger partial charge in [0.05, 0.1) is 6.61 Å². The van der Waals surface area contributed by atoms with Gasteiger partial charge in [-0.3, -0.25) is 0 Å². The molecule has 82 valence electrons. The van der Waals surface area contributed by atoms with Gasteiger partial charge in [0.15, 0.2) is 0 Å². The minimum Gasteiger partial charge on any atom is -0.461 e. The van der Waals surface area contributed by atoms with Crippen molar-refractivity contribution in [1.82, 2.24) is 0 Å². The fourth-order valence-corrected chi connectivity index (χ4v) is 2.64. The maximum atomic E-state index is 11.5. The van der Waals surface area contributed by atoms with Gasteiger partial charge < -0.3 is 4.74 Å². The summed E-state index contributed by atoms with van der Waals surface area (Å²) in [6.07, 6.45) is 4.96. The lowest BCUT2D eigenvalue weighted by Gasteiger charge is -2.24. The number of thiol groups is 1.